The van der Waals surface area contributed by atoms with Crippen LogP contribution in [0.4, 0.5) is 0 Å². The van der Waals surface area contributed by atoms with E-state index in [-0.39, 0.29) is 24.6 Å². The first kappa shape index (κ1) is 17.1. The van der Waals surface area contributed by atoms with Gasteiger partial charge in [0.05, 0.1) is 12.0 Å². The molecule has 3 aromatic rings. The number of aryl methyl sites for hydroxylation is 1. The first-order valence-corrected chi connectivity index (χ1v) is 8.06. The molecule has 0 spiro atoms. The van der Waals surface area contributed by atoms with Crippen molar-refractivity contribution in [3.05, 3.63) is 46.5 Å². The fourth-order valence-electron chi connectivity index (χ4n) is 2.79. The van der Waals surface area contributed by atoms with Crippen molar-refractivity contribution in [2.75, 3.05) is 26.9 Å². The summed E-state index contributed by atoms with van der Waals surface area (Å²) >= 11 is 0. The number of nitrogens with one attached hydrogen (secondary N) is 1. The van der Waals surface area contributed by atoms with E-state index in [1.54, 1.807) is 42.1 Å². The molecule has 3 aromatic heterocycles. The zero-order chi connectivity index (χ0) is 17.8. The van der Waals surface area contributed by atoms with Gasteiger partial charge in [0, 0.05) is 33.0 Å². The van der Waals surface area contributed by atoms with E-state index >= 15 is 0 Å². The van der Waals surface area contributed by atoms with Crippen LogP contribution in [0.5, 0.6) is 0 Å². The Balaban J connectivity index is 2.17. The first-order valence-electron chi connectivity index (χ1n) is 8.06. The molecule has 132 valence electrons. The molecule has 25 heavy (non-hydrogen) atoms. The number of aliphatic hydroxyl groups excluding tert-OH is 1. The molecule has 3 heterocycles. The van der Waals surface area contributed by atoms with E-state index in [0.29, 0.717) is 41.9 Å². The largest absolute Gasteiger partial charge is 0.395 e. The van der Waals surface area contributed by atoms with Crippen molar-refractivity contribution in [2.45, 2.75) is 13.0 Å². The van der Waals surface area contributed by atoms with Gasteiger partial charge in [-0.05, 0) is 24.6 Å². The molecule has 0 saturated carbocycles. The average Bonchev–Trinajstić information content (AvgIpc) is 2.99. The Bertz CT molecular complexity index is 960. The summed E-state index contributed by atoms with van der Waals surface area (Å²) in [5, 5.41) is 11.9. The van der Waals surface area contributed by atoms with Gasteiger partial charge in [0.2, 0.25) is 0 Å². The lowest BCUT2D eigenvalue weighted by molar-refractivity contribution is 0.0934. The summed E-state index contributed by atoms with van der Waals surface area (Å²) in [5.41, 5.74) is 1.12. The van der Waals surface area contributed by atoms with Gasteiger partial charge in [0.15, 0.2) is 0 Å². The zero-order valence-electron chi connectivity index (χ0n) is 13.9. The number of pyridine rings is 1. The van der Waals surface area contributed by atoms with Crippen LogP contribution in [0.15, 0.2) is 35.3 Å². The van der Waals surface area contributed by atoms with Gasteiger partial charge >= 0.3 is 0 Å². The Kier molecular flexibility index (Phi) is 5.11. The molecule has 0 aliphatic carbocycles. The predicted molar refractivity (Wildman–Crippen MR) is 92.9 cm³/mol. The Morgan fingerprint density at radius 3 is 3.00 bits per heavy atom. The third-order valence-electron chi connectivity index (χ3n) is 3.94. The van der Waals surface area contributed by atoms with E-state index in [1.165, 1.54) is 4.40 Å². The molecular weight excluding hydrogens is 324 g/mol. The second kappa shape index (κ2) is 7.45. The summed E-state index contributed by atoms with van der Waals surface area (Å²) in [5.74, 6) is -0.349. The average molecular weight is 344 g/mol. The van der Waals surface area contributed by atoms with Crippen LogP contribution < -0.4 is 10.9 Å². The van der Waals surface area contributed by atoms with Crippen molar-refractivity contribution >= 4 is 22.6 Å². The van der Waals surface area contributed by atoms with Crippen molar-refractivity contribution in [2.24, 2.45) is 0 Å². The lowest BCUT2D eigenvalue weighted by Crippen LogP contribution is -2.28. The number of amides is 1. The fraction of sp³-hybridized carbons (Fsp3) is 0.353. The number of nitrogens with zero attached hydrogens (tertiary/aromatic N) is 3. The van der Waals surface area contributed by atoms with E-state index in [4.69, 9.17) is 9.84 Å². The van der Waals surface area contributed by atoms with Crippen molar-refractivity contribution < 1.29 is 14.6 Å². The maximum Gasteiger partial charge on any atom is 0.268 e. The van der Waals surface area contributed by atoms with Crippen LogP contribution in [0.25, 0.3) is 16.7 Å². The van der Waals surface area contributed by atoms with Crippen LogP contribution in [-0.2, 0) is 11.3 Å². The Hall–Kier alpha value is -2.71. The fourth-order valence-corrected chi connectivity index (χ4v) is 2.79. The minimum atomic E-state index is -0.349. The quantitative estimate of drug-likeness (QED) is 0.605. The third kappa shape index (κ3) is 3.26. The summed E-state index contributed by atoms with van der Waals surface area (Å²) in [7, 11) is 1.61. The third-order valence-corrected chi connectivity index (χ3v) is 3.94. The molecule has 8 nitrogen and oxygen atoms in total. The highest BCUT2D eigenvalue weighted by Gasteiger charge is 2.19. The van der Waals surface area contributed by atoms with Crippen LogP contribution in [0.2, 0.25) is 0 Å². The normalized spacial score (nSPS) is 11.3. The number of aliphatic hydroxyl groups is 1. The lowest BCUT2D eigenvalue weighted by Gasteiger charge is -2.10. The van der Waals surface area contributed by atoms with E-state index in [1.807, 2.05) is 0 Å². The van der Waals surface area contributed by atoms with Crippen molar-refractivity contribution in [1.29, 1.82) is 0 Å². The van der Waals surface area contributed by atoms with Gasteiger partial charge < -0.3 is 19.7 Å². The second-order valence-corrected chi connectivity index (χ2v) is 5.59. The molecule has 0 aromatic carbocycles. The van der Waals surface area contributed by atoms with Crippen LogP contribution in [-0.4, -0.2) is 51.8 Å². The number of aromatic nitrogens is 3. The van der Waals surface area contributed by atoms with Gasteiger partial charge in [-0.2, -0.15) is 0 Å². The number of fused-ring (bicyclic) bond motifs is 2. The molecule has 1 amide bonds. The van der Waals surface area contributed by atoms with Crippen LogP contribution in [0.3, 0.4) is 0 Å². The Labute approximate surface area is 143 Å². The zero-order valence-corrected chi connectivity index (χ0v) is 13.9. The second-order valence-electron chi connectivity index (χ2n) is 5.59. The van der Waals surface area contributed by atoms with Gasteiger partial charge in [0.25, 0.3) is 11.5 Å². The van der Waals surface area contributed by atoms with Crippen LogP contribution >= 0.6 is 0 Å². The monoisotopic (exact) mass is 344 g/mol. The summed E-state index contributed by atoms with van der Waals surface area (Å²) in [6.45, 7) is 1.02. The molecule has 0 aliphatic heterocycles. The molecule has 3 rings (SSSR count). The molecule has 0 fully saturated rings. The van der Waals surface area contributed by atoms with Crippen LogP contribution in [0.1, 0.15) is 16.9 Å². The number of carbonyl (C=O) groups excluding carboxylic acids is 1. The molecule has 0 bridgehead atoms. The molecule has 0 atom stereocenters. The number of ether oxygens (including phenoxy) is 1. The molecule has 8 heteroatoms. The molecule has 0 unspecified atom stereocenters. The van der Waals surface area contributed by atoms with Gasteiger partial charge in [-0.1, -0.05) is 6.07 Å². The molecule has 0 aliphatic rings. The molecule has 0 saturated heterocycles. The number of methoxy groups -OCH3 is 1. The highest BCUT2D eigenvalue weighted by atomic mass is 16.5. The SMILES string of the molecule is COCCCn1c(C(=O)NCCO)cc2c(=O)n3ccccc3nc21. The predicted octanol–water partition coefficient (Wildman–Crippen LogP) is 0.408. The highest BCUT2D eigenvalue weighted by molar-refractivity contribution is 5.98. The number of hydrogen-bond donors (Lipinski definition) is 2. The summed E-state index contributed by atoms with van der Waals surface area (Å²) in [6.07, 6.45) is 2.33. The number of rotatable bonds is 7. The van der Waals surface area contributed by atoms with Gasteiger partial charge in [-0.25, -0.2) is 4.98 Å². The highest BCUT2D eigenvalue weighted by Crippen LogP contribution is 2.17. The summed E-state index contributed by atoms with van der Waals surface area (Å²) in [4.78, 5) is 29.7. The first-order chi connectivity index (χ1) is 12.2. The van der Waals surface area contributed by atoms with E-state index < -0.39 is 0 Å². The Morgan fingerprint density at radius 1 is 1.40 bits per heavy atom. The summed E-state index contributed by atoms with van der Waals surface area (Å²) in [6, 6.07) is 6.87. The minimum absolute atomic E-state index is 0.146. The van der Waals surface area contributed by atoms with Gasteiger partial charge in [0.1, 0.15) is 17.0 Å². The standard InChI is InChI=1S/C17H20N4O4/c1-25-10-4-8-20-13(16(23)18-6-9-22)11-12-15(20)19-14-5-2-3-7-21(14)17(12)24/h2-3,5,7,11,22H,4,6,8-10H2,1H3,(H,18,23). The van der Waals surface area contributed by atoms with E-state index in [2.05, 4.69) is 10.3 Å². The Morgan fingerprint density at radius 2 is 2.24 bits per heavy atom. The smallest absolute Gasteiger partial charge is 0.268 e. The molecular formula is C17H20N4O4. The topological polar surface area (TPSA) is 97.9 Å². The molecule has 0 radical (unpaired) electrons. The van der Waals surface area contributed by atoms with Crippen molar-refractivity contribution in [3.8, 4) is 0 Å². The van der Waals surface area contributed by atoms with Crippen LogP contribution in [0, 0.1) is 0 Å². The molecule has 2 N–H and O–H groups in total. The lowest BCUT2D eigenvalue weighted by atomic mass is 10.3. The van der Waals surface area contributed by atoms with Gasteiger partial charge in [-0.3, -0.25) is 14.0 Å². The van der Waals surface area contributed by atoms with E-state index in [0.717, 1.165) is 0 Å². The maximum absolute atomic E-state index is 12.7. The number of carbonyl (C=O) groups is 1. The number of hydrogen-bond acceptors (Lipinski definition) is 5. The summed E-state index contributed by atoms with van der Waals surface area (Å²) < 4.78 is 8.27. The minimum Gasteiger partial charge on any atom is -0.395 e. The van der Waals surface area contributed by atoms with Crippen molar-refractivity contribution in [1.82, 2.24) is 19.3 Å². The van der Waals surface area contributed by atoms with Crippen molar-refractivity contribution in [3.63, 3.8) is 0 Å². The maximum atomic E-state index is 12.7. The van der Waals surface area contributed by atoms with Gasteiger partial charge in [-0.15, -0.1) is 0 Å². The van der Waals surface area contributed by atoms with E-state index in [9.17, 15) is 9.59 Å².